The van der Waals surface area contributed by atoms with Crippen molar-refractivity contribution in [3.63, 3.8) is 0 Å². The monoisotopic (exact) mass is 465 g/mol. The molecule has 1 fully saturated rings. The lowest BCUT2D eigenvalue weighted by molar-refractivity contribution is 0.0950. The van der Waals surface area contributed by atoms with Crippen molar-refractivity contribution >= 4 is 23.2 Å². The first-order chi connectivity index (χ1) is 16.0. The third-order valence-electron chi connectivity index (χ3n) is 6.17. The van der Waals surface area contributed by atoms with Crippen molar-refractivity contribution in [2.45, 2.75) is 26.4 Å². The zero-order valence-electron chi connectivity index (χ0n) is 18.9. The largest absolute Gasteiger partial charge is 0.370 e. The van der Waals surface area contributed by atoms with Crippen LogP contribution in [0.3, 0.4) is 0 Å². The Morgan fingerprint density at radius 3 is 2.42 bits per heavy atom. The summed E-state index contributed by atoms with van der Waals surface area (Å²) in [5.41, 5.74) is 4.79. The SMILES string of the molecule is Cc1c(Cl)cccc1C(=O)NCc1ccc(N2CCCN(Cc3ccc(F)cc3)CC2)cc1. The van der Waals surface area contributed by atoms with E-state index in [9.17, 15) is 9.18 Å². The van der Waals surface area contributed by atoms with E-state index in [1.165, 1.54) is 17.8 Å². The molecule has 0 spiro atoms. The highest BCUT2D eigenvalue weighted by Gasteiger charge is 2.16. The van der Waals surface area contributed by atoms with Crippen molar-refractivity contribution in [3.05, 3.63) is 99.8 Å². The van der Waals surface area contributed by atoms with Gasteiger partial charge in [0.15, 0.2) is 0 Å². The smallest absolute Gasteiger partial charge is 0.251 e. The van der Waals surface area contributed by atoms with E-state index in [1.54, 1.807) is 18.2 Å². The first-order valence-electron chi connectivity index (χ1n) is 11.3. The van der Waals surface area contributed by atoms with Crippen LogP contribution in [-0.2, 0) is 13.1 Å². The van der Waals surface area contributed by atoms with Gasteiger partial charge in [-0.1, -0.05) is 41.9 Å². The number of hydrogen-bond acceptors (Lipinski definition) is 3. The van der Waals surface area contributed by atoms with Gasteiger partial charge in [-0.15, -0.1) is 0 Å². The summed E-state index contributed by atoms with van der Waals surface area (Å²) in [6, 6.07) is 20.6. The van der Waals surface area contributed by atoms with E-state index in [2.05, 4.69) is 39.4 Å². The maximum atomic E-state index is 13.1. The van der Waals surface area contributed by atoms with E-state index in [-0.39, 0.29) is 11.7 Å². The van der Waals surface area contributed by atoms with Gasteiger partial charge in [-0.05, 0) is 66.4 Å². The lowest BCUT2D eigenvalue weighted by atomic mass is 10.1. The molecule has 1 heterocycles. The minimum atomic E-state index is -0.191. The number of rotatable bonds is 6. The first kappa shape index (κ1) is 23.3. The molecule has 1 N–H and O–H groups in total. The van der Waals surface area contributed by atoms with Gasteiger partial charge in [0.2, 0.25) is 0 Å². The van der Waals surface area contributed by atoms with Crippen molar-refractivity contribution in [1.29, 1.82) is 0 Å². The molecule has 6 heteroatoms. The zero-order chi connectivity index (χ0) is 23.2. The second-order valence-corrected chi connectivity index (χ2v) is 8.91. The molecule has 4 rings (SSSR count). The fraction of sp³-hybridized carbons (Fsp3) is 0.296. The fourth-order valence-electron chi connectivity index (χ4n) is 4.19. The number of halogens is 2. The topological polar surface area (TPSA) is 35.6 Å². The molecule has 0 atom stereocenters. The van der Waals surface area contributed by atoms with Crippen LogP contribution in [0.15, 0.2) is 66.7 Å². The summed E-state index contributed by atoms with van der Waals surface area (Å²) in [5.74, 6) is -0.309. The van der Waals surface area contributed by atoms with Crippen molar-refractivity contribution in [2.75, 3.05) is 31.1 Å². The van der Waals surface area contributed by atoms with Crippen molar-refractivity contribution in [3.8, 4) is 0 Å². The summed E-state index contributed by atoms with van der Waals surface area (Å²) in [5, 5.41) is 3.58. The van der Waals surface area contributed by atoms with E-state index in [1.807, 2.05) is 19.1 Å². The Hall–Kier alpha value is -2.89. The van der Waals surface area contributed by atoms with Crippen LogP contribution in [0.4, 0.5) is 10.1 Å². The standard InChI is InChI=1S/C27H29ClFN3O/c1-20-25(4-2-5-26(20)28)27(33)30-18-21-8-12-24(13-9-21)32-15-3-14-31(16-17-32)19-22-6-10-23(29)11-7-22/h2,4-13H,3,14-19H2,1H3,(H,30,33). The van der Waals surface area contributed by atoms with Crippen LogP contribution in [0.25, 0.3) is 0 Å². The molecule has 33 heavy (non-hydrogen) atoms. The fourth-order valence-corrected chi connectivity index (χ4v) is 4.37. The van der Waals surface area contributed by atoms with E-state index in [0.29, 0.717) is 17.1 Å². The van der Waals surface area contributed by atoms with Gasteiger partial charge in [0, 0.05) is 55.5 Å². The normalized spacial score (nSPS) is 14.7. The highest BCUT2D eigenvalue weighted by Crippen LogP contribution is 2.20. The van der Waals surface area contributed by atoms with Gasteiger partial charge in [0.25, 0.3) is 5.91 Å². The second kappa shape index (κ2) is 10.8. The lowest BCUT2D eigenvalue weighted by Crippen LogP contribution is -2.30. The third kappa shape index (κ3) is 6.12. The van der Waals surface area contributed by atoms with Crippen LogP contribution in [0.5, 0.6) is 0 Å². The quantitative estimate of drug-likeness (QED) is 0.527. The molecular weight excluding hydrogens is 437 g/mol. The molecule has 172 valence electrons. The molecule has 3 aromatic carbocycles. The zero-order valence-corrected chi connectivity index (χ0v) is 19.6. The molecule has 1 aliphatic heterocycles. The predicted octanol–water partition coefficient (Wildman–Crippen LogP) is 5.43. The molecule has 0 unspecified atom stereocenters. The highest BCUT2D eigenvalue weighted by molar-refractivity contribution is 6.31. The molecular formula is C27H29ClFN3O. The van der Waals surface area contributed by atoms with Gasteiger partial charge in [-0.25, -0.2) is 4.39 Å². The summed E-state index contributed by atoms with van der Waals surface area (Å²) in [4.78, 5) is 17.4. The van der Waals surface area contributed by atoms with Crippen LogP contribution >= 0.6 is 11.6 Å². The molecule has 1 saturated heterocycles. The minimum absolute atomic E-state index is 0.118. The van der Waals surface area contributed by atoms with Gasteiger partial charge in [0.05, 0.1) is 0 Å². The second-order valence-electron chi connectivity index (χ2n) is 8.50. The number of benzene rings is 3. The Morgan fingerprint density at radius 2 is 1.67 bits per heavy atom. The Balaban J connectivity index is 1.30. The molecule has 0 aromatic heterocycles. The van der Waals surface area contributed by atoms with Crippen LogP contribution < -0.4 is 10.2 Å². The third-order valence-corrected chi connectivity index (χ3v) is 6.58. The number of hydrogen-bond donors (Lipinski definition) is 1. The first-order valence-corrected chi connectivity index (χ1v) is 11.7. The van der Waals surface area contributed by atoms with Crippen LogP contribution in [-0.4, -0.2) is 37.0 Å². The average Bonchev–Trinajstić information content (AvgIpc) is 3.07. The Bertz CT molecular complexity index is 1090. The molecule has 4 nitrogen and oxygen atoms in total. The molecule has 1 aliphatic rings. The van der Waals surface area contributed by atoms with E-state index < -0.39 is 0 Å². The van der Waals surface area contributed by atoms with Gasteiger partial charge in [-0.3, -0.25) is 9.69 Å². The van der Waals surface area contributed by atoms with Gasteiger partial charge in [-0.2, -0.15) is 0 Å². The number of nitrogens with one attached hydrogen (secondary N) is 1. The van der Waals surface area contributed by atoms with Crippen LogP contribution in [0.1, 0.15) is 33.5 Å². The molecule has 3 aromatic rings. The van der Waals surface area contributed by atoms with Crippen molar-refractivity contribution in [2.24, 2.45) is 0 Å². The summed E-state index contributed by atoms with van der Waals surface area (Å²) in [7, 11) is 0. The number of amides is 1. The summed E-state index contributed by atoms with van der Waals surface area (Å²) < 4.78 is 13.1. The van der Waals surface area contributed by atoms with Crippen molar-refractivity contribution < 1.29 is 9.18 Å². The lowest BCUT2D eigenvalue weighted by Gasteiger charge is -2.24. The molecule has 0 radical (unpaired) electrons. The van der Waals surface area contributed by atoms with Gasteiger partial charge >= 0.3 is 0 Å². The number of carbonyl (C=O) groups is 1. The molecule has 0 bridgehead atoms. The Kier molecular flexibility index (Phi) is 7.63. The predicted molar refractivity (Wildman–Crippen MR) is 132 cm³/mol. The Labute approximate surface area is 200 Å². The van der Waals surface area contributed by atoms with Gasteiger partial charge in [0.1, 0.15) is 5.82 Å². The maximum absolute atomic E-state index is 13.1. The molecule has 1 amide bonds. The minimum Gasteiger partial charge on any atom is -0.370 e. The van der Waals surface area contributed by atoms with Crippen molar-refractivity contribution in [1.82, 2.24) is 10.2 Å². The molecule has 0 saturated carbocycles. The molecule has 0 aliphatic carbocycles. The maximum Gasteiger partial charge on any atom is 0.251 e. The van der Waals surface area contributed by atoms with Crippen LogP contribution in [0.2, 0.25) is 5.02 Å². The Morgan fingerprint density at radius 1 is 0.939 bits per heavy atom. The number of anilines is 1. The van der Waals surface area contributed by atoms with E-state index in [4.69, 9.17) is 11.6 Å². The number of carbonyl (C=O) groups excluding carboxylic acids is 1. The summed E-state index contributed by atoms with van der Waals surface area (Å²) >= 11 is 6.13. The van der Waals surface area contributed by atoms with Gasteiger partial charge < -0.3 is 10.2 Å². The highest BCUT2D eigenvalue weighted by atomic mass is 35.5. The van der Waals surface area contributed by atoms with Crippen LogP contribution in [0, 0.1) is 12.7 Å². The summed E-state index contributed by atoms with van der Waals surface area (Å²) in [6.45, 7) is 7.12. The summed E-state index contributed by atoms with van der Waals surface area (Å²) in [6.07, 6.45) is 1.08. The van der Waals surface area contributed by atoms with E-state index in [0.717, 1.165) is 55.8 Å². The average molecular weight is 466 g/mol. The van der Waals surface area contributed by atoms with E-state index >= 15 is 0 Å². The number of nitrogens with zero attached hydrogens (tertiary/aromatic N) is 2.